The van der Waals surface area contributed by atoms with E-state index in [1.807, 2.05) is 49.4 Å². The molecule has 3 nitrogen and oxygen atoms in total. The Balaban J connectivity index is 1.90. The Kier molecular flexibility index (Phi) is 3.83. The van der Waals surface area contributed by atoms with Crippen molar-refractivity contribution in [3.8, 4) is 11.5 Å². The predicted octanol–water partition coefficient (Wildman–Crippen LogP) is 3.89. The number of fused-ring (bicyclic) bond motifs is 1. The lowest BCUT2D eigenvalue weighted by molar-refractivity contribution is -0.216. The van der Waals surface area contributed by atoms with Crippen LogP contribution in [-0.2, 0) is 12.2 Å². The summed E-state index contributed by atoms with van der Waals surface area (Å²) in [4.78, 5) is 0. The van der Waals surface area contributed by atoms with E-state index in [4.69, 9.17) is 9.47 Å². The number of para-hydroxylation sites is 2. The van der Waals surface area contributed by atoms with E-state index in [0.717, 1.165) is 6.42 Å². The maximum absolute atomic E-state index is 11.0. The summed E-state index contributed by atoms with van der Waals surface area (Å²) >= 11 is 0. The summed E-state index contributed by atoms with van der Waals surface area (Å²) in [5.74, 6) is 0.365. The summed E-state index contributed by atoms with van der Waals surface area (Å²) in [6, 6.07) is 15.3. The first kappa shape index (κ1) is 14.9. The Labute approximate surface area is 131 Å². The topological polar surface area (TPSA) is 38.7 Å². The molecule has 1 N–H and O–H groups in total. The third-order valence-electron chi connectivity index (χ3n) is 3.98. The minimum atomic E-state index is -1.47. The summed E-state index contributed by atoms with van der Waals surface area (Å²) in [6.45, 7) is 6.20. The quantitative estimate of drug-likeness (QED) is 0.934. The first-order chi connectivity index (χ1) is 10.5. The highest BCUT2D eigenvalue weighted by Gasteiger charge is 2.44. The van der Waals surface area contributed by atoms with Gasteiger partial charge in [0.1, 0.15) is 0 Å². The van der Waals surface area contributed by atoms with Gasteiger partial charge in [0.2, 0.25) is 0 Å². The molecule has 2 unspecified atom stereocenters. The zero-order valence-corrected chi connectivity index (χ0v) is 13.2. The molecule has 0 saturated carbocycles. The standard InChI is InChI=1S/C19H22O3/c1-13(2)12-15-8-10-16(11-9-15)19(20)14(3)21-17-6-4-5-7-18(17)22-19/h4-11,13-14,20H,12H2,1-3H3. The highest BCUT2D eigenvalue weighted by Crippen LogP contribution is 2.41. The zero-order valence-electron chi connectivity index (χ0n) is 13.2. The zero-order chi connectivity index (χ0) is 15.7. The lowest BCUT2D eigenvalue weighted by Crippen LogP contribution is -2.48. The van der Waals surface area contributed by atoms with Crippen LogP contribution in [0, 0.1) is 5.92 Å². The normalized spacial score (nSPS) is 23.6. The van der Waals surface area contributed by atoms with Crippen LogP contribution in [0.5, 0.6) is 11.5 Å². The molecule has 1 aliphatic rings. The van der Waals surface area contributed by atoms with Crippen molar-refractivity contribution in [3.05, 3.63) is 59.7 Å². The summed E-state index contributed by atoms with van der Waals surface area (Å²) in [5, 5.41) is 11.0. The second-order valence-corrected chi connectivity index (χ2v) is 6.30. The smallest absolute Gasteiger partial charge is 0.272 e. The molecule has 0 fully saturated rings. The van der Waals surface area contributed by atoms with E-state index in [1.54, 1.807) is 6.07 Å². The Morgan fingerprint density at radius 1 is 1.05 bits per heavy atom. The molecule has 0 bridgehead atoms. The van der Waals surface area contributed by atoms with E-state index in [0.29, 0.717) is 23.0 Å². The van der Waals surface area contributed by atoms with Gasteiger partial charge in [-0.3, -0.25) is 0 Å². The van der Waals surface area contributed by atoms with Crippen molar-refractivity contribution >= 4 is 0 Å². The van der Waals surface area contributed by atoms with E-state index in [-0.39, 0.29) is 0 Å². The minimum absolute atomic E-state index is 0.488. The fourth-order valence-corrected chi connectivity index (χ4v) is 2.80. The molecule has 0 spiro atoms. The van der Waals surface area contributed by atoms with Crippen molar-refractivity contribution in [2.24, 2.45) is 5.92 Å². The van der Waals surface area contributed by atoms with Crippen LogP contribution in [0.1, 0.15) is 31.9 Å². The molecule has 3 heteroatoms. The fourth-order valence-electron chi connectivity index (χ4n) is 2.80. The molecule has 0 saturated heterocycles. The van der Waals surface area contributed by atoms with E-state index in [9.17, 15) is 5.11 Å². The molecule has 0 amide bonds. The first-order valence-corrected chi connectivity index (χ1v) is 7.75. The number of rotatable bonds is 3. The molecule has 1 aliphatic heterocycles. The third-order valence-corrected chi connectivity index (χ3v) is 3.98. The Morgan fingerprint density at radius 3 is 2.32 bits per heavy atom. The molecular weight excluding hydrogens is 276 g/mol. The fraction of sp³-hybridized carbons (Fsp3) is 0.368. The van der Waals surface area contributed by atoms with Gasteiger partial charge in [0.25, 0.3) is 5.79 Å². The Bertz CT molecular complexity index is 648. The van der Waals surface area contributed by atoms with Gasteiger partial charge < -0.3 is 14.6 Å². The van der Waals surface area contributed by atoms with Crippen molar-refractivity contribution in [1.82, 2.24) is 0 Å². The molecule has 1 heterocycles. The maximum atomic E-state index is 11.0. The summed E-state index contributed by atoms with van der Waals surface area (Å²) in [5.41, 5.74) is 1.97. The van der Waals surface area contributed by atoms with Gasteiger partial charge >= 0.3 is 0 Å². The Hall–Kier alpha value is -2.00. The number of hydrogen-bond acceptors (Lipinski definition) is 3. The van der Waals surface area contributed by atoms with Crippen molar-refractivity contribution in [2.45, 2.75) is 39.1 Å². The van der Waals surface area contributed by atoms with Crippen molar-refractivity contribution in [3.63, 3.8) is 0 Å². The van der Waals surface area contributed by atoms with Crippen molar-refractivity contribution < 1.29 is 14.6 Å². The number of benzene rings is 2. The van der Waals surface area contributed by atoms with Crippen molar-refractivity contribution in [2.75, 3.05) is 0 Å². The lowest BCUT2D eigenvalue weighted by Gasteiger charge is -2.39. The molecule has 116 valence electrons. The summed E-state index contributed by atoms with van der Waals surface area (Å²) in [6.07, 6.45) is 0.535. The molecule has 22 heavy (non-hydrogen) atoms. The van der Waals surface area contributed by atoms with Gasteiger partial charge in [0, 0.05) is 5.56 Å². The third kappa shape index (κ3) is 2.69. The van der Waals surface area contributed by atoms with Gasteiger partial charge in [-0.15, -0.1) is 0 Å². The van der Waals surface area contributed by atoms with Gasteiger partial charge in [-0.2, -0.15) is 0 Å². The second kappa shape index (κ2) is 5.65. The number of hydrogen-bond donors (Lipinski definition) is 1. The molecule has 0 aliphatic carbocycles. The SMILES string of the molecule is CC(C)Cc1ccc(C2(O)Oc3ccccc3OC2C)cc1. The van der Waals surface area contributed by atoms with Gasteiger partial charge in [0.05, 0.1) is 0 Å². The number of aliphatic hydroxyl groups is 1. The predicted molar refractivity (Wildman–Crippen MR) is 86.0 cm³/mol. The molecule has 0 aromatic heterocycles. The lowest BCUT2D eigenvalue weighted by atomic mass is 9.96. The van der Waals surface area contributed by atoms with Gasteiger partial charge in [0.15, 0.2) is 17.6 Å². The Morgan fingerprint density at radius 2 is 1.68 bits per heavy atom. The van der Waals surface area contributed by atoms with Gasteiger partial charge in [-0.05, 0) is 37.0 Å². The highest BCUT2D eigenvalue weighted by atomic mass is 16.7. The monoisotopic (exact) mass is 298 g/mol. The number of ether oxygens (including phenoxy) is 2. The van der Waals surface area contributed by atoms with E-state index < -0.39 is 11.9 Å². The maximum Gasteiger partial charge on any atom is 0.272 e. The van der Waals surface area contributed by atoms with Crippen LogP contribution in [0.25, 0.3) is 0 Å². The van der Waals surface area contributed by atoms with Crippen LogP contribution in [0.3, 0.4) is 0 Å². The molecule has 2 aromatic rings. The average molecular weight is 298 g/mol. The van der Waals surface area contributed by atoms with E-state index >= 15 is 0 Å². The van der Waals surface area contributed by atoms with Crippen LogP contribution in [0.15, 0.2) is 48.5 Å². The largest absolute Gasteiger partial charge is 0.480 e. The molecule has 2 atom stereocenters. The molecule has 2 aromatic carbocycles. The highest BCUT2D eigenvalue weighted by molar-refractivity contribution is 5.43. The van der Waals surface area contributed by atoms with Crippen LogP contribution < -0.4 is 9.47 Å². The van der Waals surface area contributed by atoms with Gasteiger partial charge in [-0.25, -0.2) is 0 Å². The summed E-state index contributed by atoms with van der Waals surface area (Å²) < 4.78 is 11.7. The van der Waals surface area contributed by atoms with Crippen LogP contribution in [-0.4, -0.2) is 11.2 Å². The van der Waals surface area contributed by atoms with Crippen LogP contribution in [0.2, 0.25) is 0 Å². The van der Waals surface area contributed by atoms with Crippen LogP contribution >= 0.6 is 0 Å². The van der Waals surface area contributed by atoms with E-state index in [1.165, 1.54) is 5.56 Å². The van der Waals surface area contributed by atoms with E-state index in [2.05, 4.69) is 13.8 Å². The minimum Gasteiger partial charge on any atom is -0.480 e. The molecule has 3 rings (SSSR count). The van der Waals surface area contributed by atoms with Crippen molar-refractivity contribution in [1.29, 1.82) is 0 Å². The molecular formula is C19H22O3. The van der Waals surface area contributed by atoms with Crippen LogP contribution in [0.4, 0.5) is 0 Å². The first-order valence-electron chi connectivity index (χ1n) is 7.75. The second-order valence-electron chi connectivity index (χ2n) is 6.30. The average Bonchev–Trinajstić information content (AvgIpc) is 2.48. The summed E-state index contributed by atoms with van der Waals surface area (Å²) in [7, 11) is 0. The molecule has 0 radical (unpaired) electrons. The van der Waals surface area contributed by atoms with Gasteiger partial charge in [-0.1, -0.05) is 50.2 Å².